The van der Waals surface area contributed by atoms with Crippen molar-refractivity contribution < 1.29 is 9.21 Å². The van der Waals surface area contributed by atoms with Crippen LogP contribution in [-0.4, -0.2) is 30.4 Å². The van der Waals surface area contributed by atoms with Crippen LogP contribution < -0.4 is 5.32 Å². The molecular formula is C15H18N2O2. The van der Waals surface area contributed by atoms with Crippen LogP contribution in [0.3, 0.4) is 0 Å². The maximum absolute atomic E-state index is 11.9. The predicted molar refractivity (Wildman–Crippen MR) is 73.8 cm³/mol. The smallest absolute Gasteiger partial charge is 0.239 e. The Balaban J connectivity index is 1.76. The molecule has 19 heavy (non-hydrogen) atoms. The van der Waals surface area contributed by atoms with Crippen molar-refractivity contribution in [2.45, 2.75) is 25.4 Å². The van der Waals surface area contributed by atoms with Gasteiger partial charge in [0.25, 0.3) is 0 Å². The van der Waals surface area contributed by atoms with Crippen molar-refractivity contribution in [3.63, 3.8) is 0 Å². The number of hydrogen-bond donors (Lipinski definition) is 1. The van der Waals surface area contributed by atoms with Crippen LogP contribution in [-0.2, 0) is 4.79 Å². The van der Waals surface area contributed by atoms with Gasteiger partial charge in [0.15, 0.2) is 0 Å². The molecule has 2 heterocycles. The Labute approximate surface area is 112 Å². The second-order valence-corrected chi connectivity index (χ2v) is 5.18. The van der Waals surface area contributed by atoms with E-state index in [2.05, 4.69) is 5.32 Å². The maximum Gasteiger partial charge on any atom is 0.239 e. The molecule has 0 spiro atoms. The minimum atomic E-state index is -0.0896. The highest BCUT2D eigenvalue weighted by Crippen LogP contribution is 2.24. The molecule has 1 amide bonds. The number of carbonyl (C=O) groups is 1. The molecule has 1 aromatic heterocycles. The highest BCUT2D eigenvalue weighted by Gasteiger charge is 2.30. The van der Waals surface area contributed by atoms with Crippen molar-refractivity contribution >= 4 is 16.9 Å². The van der Waals surface area contributed by atoms with Gasteiger partial charge in [0, 0.05) is 19.0 Å². The highest BCUT2D eigenvalue weighted by molar-refractivity contribution is 5.83. The zero-order valence-corrected chi connectivity index (χ0v) is 11.2. The van der Waals surface area contributed by atoms with Crippen LogP contribution in [0.1, 0.15) is 25.1 Å². The SMILES string of the molecule is CC(NC1CCN(C)C1=O)c1cc2ccccc2o1. The van der Waals surface area contributed by atoms with Crippen LogP contribution in [0, 0.1) is 0 Å². The number of likely N-dealkylation sites (N-methyl/N-ethyl adjacent to an activating group) is 1. The first-order valence-corrected chi connectivity index (χ1v) is 6.64. The molecule has 4 heteroatoms. The van der Waals surface area contributed by atoms with Crippen molar-refractivity contribution in [1.29, 1.82) is 0 Å². The lowest BCUT2D eigenvalue weighted by Crippen LogP contribution is -2.38. The van der Waals surface area contributed by atoms with E-state index in [4.69, 9.17) is 4.42 Å². The first-order chi connectivity index (χ1) is 9.15. The first kappa shape index (κ1) is 12.2. The number of para-hydroxylation sites is 1. The van der Waals surface area contributed by atoms with E-state index in [-0.39, 0.29) is 18.0 Å². The molecule has 1 aliphatic heterocycles. The van der Waals surface area contributed by atoms with Crippen molar-refractivity contribution in [3.05, 3.63) is 36.1 Å². The minimum absolute atomic E-state index is 0.0350. The molecule has 4 nitrogen and oxygen atoms in total. The van der Waals surface area contributed by atoms with Crippen LogP contribution in [0.5, 0.6) is 0 Å². The third kappa shape index (κ3) is 2.24. The normalized spacial score (nSPS) is 21.3. The van der Waals surface area contributed by atoms with E-state index >= 15 is 0 Å². The Bertz CT molecular complexity index is 572. The summed E-state index contributed by atoms with van der Waals surface area (Å²) in [7, 11) is 1.84. The molecule has 2 unspecified atom stereocenters. The zero-order chi connectivity index (χ0) is 13.4. The summed E-state index contributed by atoms with van der Waals surface area (Å²) in [6, 6.07) is 9.93. The van der Waals surface area contributed by atoms with Crippen LogP contribution in [0.25, 0.3) is 11.0 Å². The van der Waals surface area contributed by atoms with Crippen molar-refractivity contribution in [1.82, 2.24) is 10.2 Å². The van der Waals surface area contributed by atoms with E-state index in [0.29, 0.717) is 0 Å². The molecule has 100 valence electrons. The average Bonchev–Trinajstić information content (AvgIpc) is 2.97. The van der Waals surface area contributed by atoms with Gasteiger partial charge in [0.1, 0.15) is 11.3 Å². The third-order valence-corrected chi connectivity index (χ3v) is 3.75. The number of rotatable bonds is 3. The average molecular weight is 258 g/mol. The van der Waals surface area contributed by atoms with E-state index in [0.717, 1.165) is 29.7 Å². The van der Waals surface area contributed by atoms with Gasteiger partial charge in [0.2, 0.25) is 5.91 Å². The van der Waals surface area contributed by atoms with Gasteiger partial charge in [-0.15, -0.1) is 0 Å². The number of nitrogens with one attached hydrogen (secondary N) is 1. The van der Waals surface area contributed by atoms with Gasteiger partial charge in [-0.1, -0.05) is 18.2 Å². The van der Waals surface area contributed by atoms with Gasteiger partial charge in [-0.2, -0.15) is 0 Å². The lowest BCUT2D eigenvalue weighted by molar-refractivity contribution is -0.128. The van der Waals surface area contributed by atoms with E-state index < -0.39 is 0 Å². The number of furan rings is 1. The summed E-state index contributed by atoms with van der Waals surface area (Å²) in [5.74, 6) is 1.05. The summed E-state index contributed by atoms with van der Waals surface area (Å²) in [4.78, 5) is 13.6. The zero-order valence-electron chi connectivity index (χ0n) is 11.2. The van der Waals surface area contributed by atoms with Crippen molar-refractivity contribution in [2.75, 3.05) is 13.6 Å². The Morgan fingerprint density at radius 3 is 2.89 bits per heavy atom. The molecule has 1 aromatic carbocycles. The highest BCUT2D eigenvalue weighted by atomic mass is 16.3. The number of nitrogens with zero attached hydrogens (tertiary/aromatic N) is 1. The minimum Gasteiger partial charge on any atom is -0.459 e. The van der Waals surface area contributed by atoms with Crippen molar-refractivity contribution in [3.8, 4) is 0 Å². The quantitative estimate of drug-likeness (QED) is 0.919. The van der Waals surface area contributed by atoms with E-state index in [9.17, 15) is 4.79 Å². The third-order valence-electron chi connectivity index (χ3n) is 3.75. The Hall–Kier alpha value is -1.81. The Morgan fingerprint density at radius 2 is 2.21 bits per heavy atom. The number of carbonyl (C=O) groups excluding carboxylic acids is 1. The van der Waals surface area contributed by atoms with Crippen LogP contribution in [0.15, 0.2) is 34.7 Å². The van der Waals surface area contributed by atoms with Gasteiger partial charge in [-0.3, -0.25) is 10.1 Å². The first-order valence-electron chi connectivity index (χ1n) is 6.64. The molecule has 0 radical (unpaired) electrons. The lowest BCUT2D eigenvalue weighted by Gasteiger charge is -2.16. The molecule has 1 saturated heterocycles. The molecular weight excluding hydrogens is 240 g/mol. The predicted octanol–water partition coefficient (Wildman–Crippen LogP) is 2.31. The summed E-state index contributed by atoms with van der Waals surface area (Å²) in [5, 5.41) is 4.45. The van der Waals surface area contributed by atoms with Gasteiger partial charge in [0.05, 0.1) is 12.1 Å². The molecule has 2 aromatic rings. The number of benzene rings is 1. The second kappa shape index (κ2) is 4.70. The number of hydrogen-bond acceptors (Lipinski definition) is 3. The van der Waals surface area contributed by atoms with Gasteiger partial charge in [-0.25, -0.2) is 0 Å². The molecule has 3 rings (SSSR count). The molecule has 0 aliphatic carbocycles. The van der Waals surface area contributed by atoms with Crippen LogP contribution in [0.2, 0.25) is 0 Å². The fraction of sp³-hybridized carbons (Fsp3) is 0.400. The summed E-state index contributed by atoms with van der Waals surface area (Å²) < 4.78 is 5.81. The number of fused-ring (bicyclic) bond motifs is 1. The maximum atomic E-state index is 11.9. The van der Waals surface area contributed by atoms with Crippen LogP contribution >= 0.6 is 0 Å². The lowest BCUT2D eigenvalue weighted by atomic mass is 10.1. The largest absolute Gasteiger partial charge is 0.459 e. The number of likely N-dealkylation sites (tertiary alicyclic amines) is 1. The summed E-state index contributed by atoms with van der Waals surface area (Å²) in [6.45, 7) is 2.85. The molecule has 0 bridgehead atoms. The van der Waals surface area contributed by atoms with Crippen molar-refractivity contribution in [2.24, 2.45) is 0 Å². The van der Waals surface area contributed by atoms with Gasteiger partial charge < -0.3 is 9.32 Å². The molecule has 2 atom stereocenters. The Morgan fingerprint density at radius 1 is 1.42 bits per heavy atom. The molecule has 1 fully saturated rings. The molecule has 1 N–H and O–H groups in total. The topological polar surface area (TPSA) is 45.5 Å². The Kier molecular flexibility index (Phi) is 3.03. The number of amides is 1. The second-order valence-electron chi connectivity index (χ2n) is 5.18. The fourth-order valence-corrected chi connectivity index (χ4v) is 2.58. The van der Waals surface area contributed by atoms with E-state index in [1.165, 1.54) is 0 Å². The van der Waals surface area contributed by atoms with Crippen LogP contribution in [0.4, 0.5) is 0 Å². The van der Waals surface area contributed by atoms with Gasteiger partial charge in [-0.05, 0) is 25.5 Å². The van der Waals surface area contributed by atoms with Gasteiger partial charge >= 0.3 is 0 Å². The fourth-order valence-electron chi connectivity index (χ4n) is 2.58. The standard InChI is InChI=1S/C15H18N2O2/c1-10(16-12-7-8-17(2)15(12)18)14-9-11-5-3-4-6-13(11)19-14/h3-6,9-10,12,16H,7-8H2,1-2H3. The summed E-state index contributed by atoms with van der Waals surface area (Å²) >= 11 is 0. The summed E-state index contributed by atoms with van der Waals surface area (Å²) in [6.07, 6.45) is 0.861. The van der Waals surface area contributed by atoms with E-state index in [1.807, 2.05) is 44.3 Å². The molecule has 0 saturated carbocycles. The van der Waals surface area contributed by atoms with E-state index in [1.54, 1.807) is 4.90 Å². The molecule has 1 aliphatic rings. The summed E-state index contributed by atoms with van der Waals surface area (Å²) in [5.41, 5.74) is 0.890. The monoisotopic (exact) mass is 258 g/mol.